The molecule has 0 atom stereocenters. The lowest BCUT2D eigenvalue weighted by Gasteiger charge is -2.10. The number of carbonyl (C=O) groups excluding carboxylic acids is 1. The topological polar surface area (TPSA) is 84.5 Å². The van der Waals surface area contributed by atoms with Crippen LogP contribution in [-0.4, -0.2) is 21.4 Å². The average Bonchev–Trinajstić information content (AvgIpc) is 2.90. The Morgan fingerprint density at radius 3 is 2.72 bits per heavy atom. The predicted molar refractivity (Wildman–Crippen MR) is 96.4 cm³/mol. The number of rotatable bonds is 5. The van der Waals surface area contributed by atoms with Crippen molar-refractivity contribution in [1.82, 2.24) is 10.3 Å². The van der Waals surface area contributed by atoms with Gasteiger partial charge < -0.3 is 4.74 Å². The van der Waals surface area contributed by atoms with Crippen LogP contribution in [0, 0.1) is 0 Å². The molecule has 6 nitrogen and oxygen atoms in total. The molecule has 2 aromatic rings. The maximum Gasteiger partial charge on any atom is 0.276 e. The molecule has 0 saturated heterocycles. The largest absolute Gasteiger partial charge is 0.495 e. The van der Waals surface area contributed by atoms with E-state index in [-0.39, 0.29) is 10.6 Å². The van der Waals surface area contributed by atoms with Gasteiger partial charge in [0, 0.05) is 4.88 Å². The minimum Gasteiger partial charge on any atom is -0.495 e. The van der Waals surface area contributed by atoms with Crippen LogP contribution in [0.15, 0.2) is 35.2 Å². The maximum atomic E-state index is 12.4. The van der Waals surface area contributed by atoms with Crippen molar-refractivity contribution >= 4 is 27.3 Å². The normalized spacial score (nSPS) is 14.4. The van der Waals surface area contributed by atoms with Gasteiger partial charge >= 0.3 is 0 Å². The summed E-state index contributed by atoms with van der Waals surface area (Å²) in [5.41, 5.74) is 3.50. The van der Waals surface area contributed by atoms with E-state index in [1.807, 2.05) is 6.07 Å². The van der Waals surface area contributed by atoms with E-state index in [0.717, 1.165) is 25.7 Å². The average molecular weight is 380 g/mol. The summed E-state index contributed by atoms with van der Waals surface area (Å²) in [6.45, 7) is 0. The molecule has 1 amide bonds. The zero-order valence-electron chi connectivity index (χ0n) is 13.9. The zero-order chi connectivity index (χ0) is 17.9. The molecule has 1 aromatic heterocycles. The lowest BCUT2D eigenvalue weighted by atomic mass is 10.1. The van der Waals surface area contributed by atoms with Crippen LogP contribution in [0.1, 0.15) is 39.4 Å². The van der Waals surface area contributed by atoms with Crippen molar-refractivity contribution in [3.63, 3.8) is 0 Å². The van der Waals surface area contributed by atoms with Crippen LogP contribution in [0.3, 0.4) is 0 Å². The molecule has 0 unspecified atom stereocenters. The summed E-state index contributed by atoms with van der Waals surface area (Å²) in [7, 11) is -2.52. The molecule has 134 valence electrons. The van der Waals surface area contributed by atoms with E-state index in [4.69, 9.17) is 4.74 Å². The number of aryl methyl sites for hydroxylation is 2. The third-order valence-corrected chi connectivity index (χ3v) is 6.65. The molecule has 3 rings (SSSR count). The summed E-state index contributed by atoms with van der Waals surface area (Å²) in [5, 5.41) is 0. The molecule has 1 aliphatic carbocycles. The summed E-state index contributed by atoms with van der Waals surface area (Å²) in [5.74, 6) is -0.233. The Morgan fingerprint density at radius 1 is 1.16 bits per heavy atom. The summed E-state index contributed by atoms with van der Waals surface area (Å²) in [4.78, 5) is 16.2. The molecule has 25 heavy (non-hydrogen) atoms. The van der Waals surface area contributed by atoms with E-state index in [1.54, 1.807) is 18.2 Å². The molecule has 1 aromatic carbocycles. The molecule has 0 aliphatic heterocycles. The van der Waals surface area contributed by atoms with Crippen molar-refractivity contribution in [1.29, 1.82) is 0 Å². The van der Waals surface area contributed by atoms with Crippen molar-refractivity contribution in [2.45, 2.75) is 37.0 Å². The van der Waals surface area contributed by atoms with Crippen LogP contribution >= 0.6 is 11.3 Å². The molecule has 0 bridgehead atoms. The first kappa shape index (κ1) is 17.9. The second-order valence-electron chi connectivity index (χ2n) is 5.83. The van der Waals surface area contributed by atoms with E-state index in [9.17, 15) is 13.2 Å². The quantitative estimate of drug-likeness (QED) is 0.617. The van der Waals surface area contributed by atoms with Crippen molar-refractivity contribution < 1.29 is 17.9 Å². The summed E-state index contributed by atoms with van der Waals surface area (Å²) in [6.07, 6.45) is 5.44. The molecule has 1 heterocycles. The molecular weight excluding hydrogens is 360 g/mol. The first-order chi connectivity index (χ1) is 12.0. The van der Waals surface area contributed by atoms with Gasteiger partial charge in [0.2, 0.25) is 0 Å². The Morgan fingerprint density at radius 2 is 1.92 bits per heavy atom. The number of sulfonamides is 1. The van der Waals surface area contributed by atoms with Crippen molar-refractivity contribution in [3.8, 4) is 5.75 Å². The SMILES string of the molecule is COc1ccccc1S(=O)(=O)NNC(=O)c1cc2c(s1)CCCCC2. The van der Waals surface area contributed by atoms with Crippen LogP contribution < -0.4 is 15.0 Å². The highest BCUT2D eigenvalue weighted by molar-refractivity contribution is 7.89. The van der Waals surface area contributed by atoms with E-state index < -0.39 is 15.9 Å². The number of benzene rings is 1. The number of methoxy groups -OCH3 is 1. The van der Waals surface area contributed by atoms with Crippen LogP contribution in [0.2, 0.25) is 0 Å². The van der Waals surface area contributed by atoms with Gasteiger partial charge in [0.05, 0.1) is 12.0 Å². The number of hydrogen-bond donors (Lipinski definition) is 2. The number of hydrazine groups is 1. The summed E-state index contributed by atoms with van der Waals surface area (Å²) >= 11 is 1.44. The standard InChI is InChI=1S/C17H20N2O4S2/c1-23-13-8-5-6-10-16(13)25(21,22)19-18-17(20)15-11-12-7-3-2-4-9-14(12)24-15/h5-6,8,10-11,19H,2-4,7,9H2,1H3,(H,18,20). The third kappa shape index (κ3) is 4.02. The molecule has 8 heteroatoms. The Balaban J connectivity index is 1.71. The molecule has 0 radical (unpaired) electrons. The lowest BCUT2D eigenvalue weighted by Crippen LogP contribution is -2.41. The number of thiophene rings is 1. The molecule has 0 fully saturated rings. The fraction of sp³-hybridized carbons (Fsp3) is 0.353. The van der Waals surface area contributed by atoms with Gasteiger partial charge in [-0.25, -0.2) is 8.42 Å². The van der Waals surface area contributed by atoms with Crippen LogP contribution in [0.25, 0.3) is 0 Å². The molecular formula is C17H20N2O4S2. The number of amides is 1. The van der Waals surface area contributed by atoms with Crippen LogP contribution in [0.5, 0.6) is 5.75 Å². The smallest absolute Gasteiger partial charge is 0.276 e. The molecule has 1 aliphatic rings. The maximum absolute atomic E-state index is 12.4. The lowest BCUT2D eigenvalue weighted by molar-refractivity contribution is 0.0949. The molecule has 0 spiro atoms. The van der Waals surface area contributed by atoms with Gasteiger partial charge in [0.25, 0.3) is 15.9 Å². The second-order valence-corrected chi connectivity index (χ2v) is 8.62. The van der Waals surface area contributed by atoms with E-state index in [2.05, 4.69) is 10.3 Å². The van der Waals surface area contributed by atoms with Crippen molar-refractivity contribution in [3.05, 3.63) is 45.6 Å². The number of para-hydroxylation sites is 1. The van der Waals surface area contributed by atoms with Gasteiger partial charge in [-0.15, -0.1) is 16.2 Å². The van der Waals surface area contributed by atoms with Crippen LogP contribution in [0.4, 0.5) is 0 Å². The number of fused-ring (bicyclic) bond motifs is 1. The van der Waals surface area contributed by atoms with Gasteiger partial charge in [0.15, 0.2) is 0 Å². The van der Waals surface area contributed by atoms with Gasteiger partial charge in [-0.3, -0.25) is 10.2 Å². The number of nitrogens with one attached hydrogen (secondary N) is 2. The van der Waals surface area contributed by atoms with Gasteiger partial charge in [0.1, 0.15) is 10.6 Å². The second kappa shape index (κ2) is 7.55. The zero-order valence-corrected chi connectivity index (χ0v) is 15.5. The first-order valence-electron chi connectivity index (χ1n) is 8.08. The highest BCUT2D eigenvalue weighted by Crippen LogP contribution is 2.29. The highest BCUT2D eigenvalue weighted by Gasteiger charge is 2.21. The van der Waals surface area contributed by atoms with Gasteiger partial charge in [-0.05, 0) is 49.4 Å². The Kier molecular flexibility index (Phi) is 5.41. The number of ether oxygens (including phenoxy) is 1. The number of hydrogen-bond acceptors (Lipinski definition) is 5. The number of carbonyl (C=O) groups is 1. The van der Waals surface area contributed by atoms with E-state index in [0.29, 0.717) is 4.88 Å². The van der Waals surface area contributed by atoms with Crippen LogP contribution in [-0.2, 0) is 22.9 Å². The van der Waals surface area contributed by atoms with E-state index in [1.165, 1.54) is 41.4 Å². The molecule has 2 N–H and O–H groups in total. The highest BCUT2D eigenvalue weighted by atomic mass is 32.2. The minimum atomic E-state index is -3.92. The Bertz CT molecular complexity index is 851. The first-order valence-corrected chi connectivity index (χ1v) is 10.4. The van der Waals surface area contributed by atoms with Gasteiger partial charge in [-0.1, -0.05) is 18.6 Å². The Labute approximate surface area is 151 Å². The van der Waals surface area contributed by atoms with Crippen molar-refractivity contribution in [2.24, 2.45) is 0 Å². The third-order valence-electron chi connectivity index (χ3n) is 4.13. The fourth-order valence-electron chi connectivity index (χ4n) is 2.85. The Hall–Kier alpha value is -1.90. The fourth-order valence-corrected chi connectivity index (χ4v) is 5.01. The molecule has 0 saturated carbocycles. The summed E-state index contributed by atoms with van der Waals surface area (Å²) in [6, 6.07) is 8.11. The predicted octanol–water partition coefficient (Wildman–Crippen LogP) is 2.65. The minimum absolute atomic E-state index is 0.0280. The van der Waals surface area contributed by atoms with Crippen molar-refractivity contribution in [2.75, 3.05) is 7.11 Å². The van der Waals surface area contributed by atoms with Gasteiger partial charge in [-0.2, -0.15) is 0 Å². The monoisotopic (exact) mass is 380 g/mol. The van der Waals surface area contributed by atoms with E-state index >= 15 is 0 Å². The summed E-state index contributed by atoms with van der Waals surface area (Å²) < 4.78 is 29.8.